The minimum atomic E-state index is -0.854. The molecule has 0 aromatic heterocycles. The average Bonchev–Trinajstić information content (AvgIpc) is 2.09. The van der Waals surface area contributed by atoms with Crippen LogP contribution in [0.25, 0.3) is 0 Å². The first-order valence-electron chi connectivity index (χ1n) is 4.19. The summed E-state index contributed by atoms with van der Waals surface area (Å²) in [7, 11) is 0. The van der Waals surface area contributed by atoms with Gasteiger partial charge in [0.05, 0.1) is 0 Å². The van der Waals surface area contributed by atoms with E-state index in [1.165, 1.54) is 6.07 Å². The van der Waals surface area contributed by atoms with Gasteiger partial charge in [0.15, 0.2) is 0 Å². The number of amides is 1. The minimum Gasteiger partial charge on any atom is -0.368 e. The van der Waals surface area contributed by atoms with Crippen LogP contribution in [0.1, 0.15) is 11.1 Å². The van der Waals surface area contributed by atoms with E-state index in [0.29, 0.717) is 5.56 Å². The second-order valence-electron chi connectivity index (χ2n) is 3.17. The molecule has 1 aromatic rings. The molecule has 0 aliphatic carbocycles. The van der Waals surface area contributed by atoms with E-state index in [1.807, 2.05) is 0 Å². The highest BCUT2D eigenvalue weighted by atomic mass is 35.5. The maximum atomic E-state index is 13.3. The summed E-state index contributed by atoms with van der Waals surface area (Å²) in [6.07, 6.45) is 0.128. The molecule has 1 aromatic carbocycles. The molecule has 0 heterocycles. The predicted octanol–water partition coefficient (Wildman–Crippen LogP) is 1.77. The van der Waals surface area contributed by atoms with Gasteiger partial charge in [-0.25, -0.2) is 4.39 Å². The number of carbonyl (C=O) groups is 1. The highest BCUT2D eigenvalue weighted by Gasteiger charge is 2.14. The Bertz CT molecular complexity index is 354. The number of aryl methyl sites for hydroxylation is 1. The molecule has 0 saturated heterocycles. The average molecular weight is 216 g/mol. The highest BCUT2D eigenvalue weighted by molar-refractivity contribution is 6.30. The van der Waals surface area contributed by atoms with Crippen molar-refractivity contribution in [3.63, 3.8) is 0 Å². The number of alkyl halides is 1. The van der Waals surface area contributed by atoms with Crippen LogP contribution >= 0.6 is 11.6 Å². The van der Waals surface area contributed by atoms with E-state index < -0.39 is 11.3 Å². The van der Waals surface area contributed by atoms with Crippen LogP contribution in [0.5, 0.6) is 0 Å². The van der Waals surface area contributed by atoms with Crippen LogP contribution in [-0.4, -0.2) is 11.3 Å². The Morgan fingerprint density at radius 2 is 2.29 bits per heavy atom. The zero-order chi connectivity index (χ0) is 10.7. The summed E-state index contributed by atoms with van der Waals surface area (Å²) < 4.78 is 13.3. The number of hydrogen-bond donors (Lipinski definition) is 1. The number of carbonyl (C=O) groups excluding carboxylic acids is 1. The van der Waals surface area contributed by atoms with Crippen molar-refractivity contribution in [2.75, 3.05) is 0 Å². The van der Waals surface area contributed by atoms with Gasteiger partial charge in [-0.15, -0.1) is 11.6 Å². The Morgan fingerprint density at radius 1 is 1.64 bits per heavy atom. The van der Waals surface area contributed by atoms with Crippen LogP contribution in [0.15, 0.2) is 18.2 Å². The Hall–Kier alpha value is -1.09. The third-order valence-electron chi connectivity index (χ3n) is 1.92. The molecule has 14 heavy (non-hydrogen) atoms. The van der Waals surface area contributed by atoms with Crippen molar-refractivity contribution in [2.45, 2.75) is 18.7 Å². The lowest BCUT2D eigenvalue weighted by molar-refractivity contribution is -0.117. The maximum Gasteiger partial charge on any atom is 0.235 e. The van der Waals surface area contributed by atoms with Gasteiger partial charge in [-0.1, -0.05) is 12.1 Å². The molecule has 1 unspecified atom stereocenters. The summed E-state index contributed by atoms with van der Waals surface area (Å²) in [4.78, 5) is 10.6. The molecule has 0 fully saturated rings. The Balaban J connectivity index is 2.82. The summed E-state index contributed by atoms with van der Waals surface area (Å²) in [5.74, 6) is -0.983. The molecule has 1 amide bonds. The third-order valence-corrected chi connectivity index (χ3v) is 2.29. The molecule has 0 aliphatic heterocycles. The van der Waals surface area contributed by atoms with Crippen molar-refractivity contribution >= 4 is 17.5 Å². The van der Waals surface area contributed by atoms with Crippen LogP contribution in [0.2, 0.25) is 0 Å². The van der Waals surface area contributed by atoms with Gasteiger partial charge in [0.25, 0.3) is 0 Å². The van der Waals surface area contributed by atoms with E-state index in [9.17, 15) is 9.18 Å². The Labute approximate surface area is 86.9 Å². The molecule has 0 spiro atoms. The van der Waals surface area contributed by atoms with Gasteiger partial charge in [0.1, 0.15) is 11.2 Å². The van der Waals surface area contributed by atoms with E-state index in [0.717, 1.165) is 5.56 Å². The monoisotopic (exact) mass is 215 g/mol. The number of hydrogen-bond acceptors (Lipinski definition) is 1. The lowest BCUT2D eigenvalue weighted by Crippen LogP contribution is -2.25. The van der Waals surface area contributed by atoms with E-state index in [1.54, 1.807) is 19.1 Å². The summed E-state index contributed by atoms with van der Waals surface area (Å²) >= 11 is 5.62. The number of benzene rings is 1. The summed E-state index contributed by atoms with van der Waals surface area (Å²) in [5.41, 5.74) is 6.21. The van der Waals surface area contributed by atoms with Gasteiger partial charge in [0.2, 0.25) is 5.91 Å². The van der Waals surface area contributed by atoms with Gasteiger partial charge in [0, 0.05) is 6.42 Å². The molecule has 0 radical (unpaired) electrons. The van der Waals surface area contributed by atoms with Gasteiger partial charge in [-0.2, -0.15) is 0 Å². The molecule has 2 nitrogen and oxygen atoms in total. The van der Waals surface area contributed by atoms with Crippen LogP contribution in [0, 0.1) is 12.7 Å². The third kappa shape index (κ3) is 2.70. The highest BCUT2D eigenvalue weighted by Crippen LogP contribution is 2.14. The number of nitrogens with two attached hydrogens (primary N) is 1. The predicted molar refractivity (Wildman–Crippen MR) is 53.7 cm³/mol. The second kappa shape index (κ2) is 4.42. The quantitative estimate of drug-likeness (QED) is 0.768. The normalized spacial score (nSPS) is 12.5. The molecular weight excluding hydrogens is 205 g/mol. The van der Waals surface area contributed by atoms with Crippen molar-refractivity contribution < 1.29 is 9.18 Å². The van der Waals surface area contributed by atoms with Crippen molar-refractivity contribution in [3.05, 3.63) is 35.1 Å². The molecule has 1 rings (SSSR count). The molecule has 0 saturated carbocycles. The summed E-state index contributed by atoms with van der Waals surface area (Å²) in [6.45, 7) is 1.79. The molecule has 0 aliphatic rings. The first-order chi connectivity index (χ1) is 6.50. The van der Waals surface area contributed by atoms with E-state index >= 15 is 0 Å². The molecule has 76 valence electrons. The van der Waals surface area contributed by atoms with E-state index in [-0.39, 0.29) is 12.2 Å². The SMILES string of the molecule is Cc1ccc(CC(Cl)C(N)=O)c(F)c1. The number of primary amides is 1. The van der Waals surface area contributed by atoms with Crippen LogP contribution in [0.4, 0.5) is 4.39 Å². The van der Waals surface area contributed by atoms with Gasteiger partial charge in [-0.05, 0) is 24.1 Å². The molecule has 4 heteroatoms. The smallest absolute Gasteiger partial charge is 0.235 e. The fourth-order valence-electron chi connectivity index (χ4n) is 1.11. The van der Waals surface area contributed by atoms with Crippen LogP contribution in [-0.2, 0) is 11.2 Å². The van der Waals surface area contributed by atoms with Crippen molar-refractivity contribution in [1.29, 1.82) is 0 Å². The van der Waals surface area contributed by atoms with Gasteiger partial charge >= 0.3 is 0 Å². The summed E-state index contributed by atoms with van der Waals surface area (Å²) in [5, 5.41) is -0.854. The zero-order valence-electron chi connectivity index (χ0n) is 7.76. The largest absolute Gasteiger partial charge is 0.368 e. The fourth-order valence-corrected chi connectivity index (χ4v) is 1.28. The van der Waals surface area contributed by atoms with Gasteiger partial charge < -0.3 is 5.73 Å². The Kier molecular flexibility index (Phi) is 3.47. The first-order valence-corrected chi connectivity index (χ1v) is 4.62. The summed E-state index contributed by atoms with van der Waals surface area (Å²) in [6, 6.07) is 4.78. The second-order valence-corrected chi connectivity index (χ2v) is 3.70. The standard InChI is InChI=1S/C10H11ClFNO/c1-6-2-3-7(9(12)4-6)5-8(11)10(13)14/h2-4,8H,5H2,1H3,(H2,13,14). The zero-order valence-corrected chi connectivity index (χ0v) is 8.51. The Morgan fingerprint density at radius 3 is 2.79 bits per heavy atom. The lowest BCUT2D eigenvalue weighted by Gasteiger charge is -2.06. The van der Waals surface area contributed by atoms with Crippen molar-refractivity contribution in [3.8, 4) is 0 Å². The number of halogens is 2. The minimum absolute atomic E-state index is 0.128. The molecule has 1 atom stereocenters. The van der Waals surface area contributed by atoms with Gasteiger partial charge in [-0.3, -0.25) is 4.79 Å². The topological polar surface area (TPSA) is 43.1 Å². The molecule has 2 N–H and O–H groups in total. The van der Waals surface area contributed by atoms with E-state index in [4.69, 9.17) is 17.3 Å². The van der Waals surface area contributed by atoms with Crippen molar-refractivity contribution in [1.82, 2.24) is 0 Å². The van der Waals surface area contributed by atoms with Crippen molar-refractivity contribution in [2.24, 2.45) is 5.73 Å². The molecular formula is C10H11ClFNO. The fraction of sp³-hybridized carbons (Fsp3) is 0.300. The molecule has 0 bridgehead atoms. The van der Waals surface area contributed by atoms with Crippen LogP contribution < -0.4 is 5.73 Å². The van der Waals surface area contributed by atoms with Crippen LogP contribution in [0.3, 0.4) is 0 Å². The lowest BCUT2D eigenvalue weighted by atomic mass is 10.1. The van der Waals surface area contributed by atoms with E-state index in [2.05, 4.69) is 0 Å². The first kappa shape index (κ1) is 11.0. The number of rotatable bonds is 3. The maximum absolute atomic E-state index is 13.3.